The number of halogens is 2. The molecule has 2 heterocycles. The molecular weight excluding hydrogens is 520 g/mol. The maximum atomic E-state index is 13.7. The number of carbonyl (C=O) groups is 3. The number of aryl methyl sites for hydroxylation is 1. The van der Waals surface area contributed by atoms with Crippen molar-refractivity contribution in [3.63, 3.8) is 0 Å². The summed E-state index contributed by atoms with van der Waals surface area (Å²) < 4.78 is 27.4. The molecule has 9 heteroatoms. The van der Waals surface area contributed by atoms with Gasteiger partial charge in [-0.05, 0) is 46.9 Å². The van der Waals surface area contributed by atoms with Gasteiger partial charge in [-0.2, -0.15) is 18.8 Å². The smallest absolute Gasteiger partial charge is 0.268 e. The quantitative estimate of drug-likeness (QED) is 0.309. The summed E-state index contributed by atoms with van der Waals surface area (Å²) in [6.45, 7) is -0.797. The van der Waals surface area contributed by atoms with Crippen molar-refractivity contribution in [1.29, 1.82) is 5.26 Å². The van der Waals surface area contributed by atoms with Crippen LogP contribution in [0.1, 0.15) is 58.3 Å². The van der Waals surface area contributed by atoms with Crippen molar-refractivity contribution in [3.8, 4) is 6.07 Å². The lowest BCUT2D eigenvalue weighted by molar-refractivity contribution is -0.132. The van der Waals surface area contributed by atoms with E-state index in [1.165, 1.54) is 11.8 Å². The summed E-state index contributed by atoms with van der Waals surface area (Å²) in [5.41, 5.74) is 5.18. The number of alkyl halides is 2. The van der Waals surface area contributed by atoms with E-state index in [0.29, 0.717) is 29.3 Å². The molecule has 6 nitrogen and oxygen atoms in total. The monoisotopic (exact) mass is 547 g/mol. The standard InChI is InChI=1S/C30H25F2N3O3.H2S/c31-30(32)16-23(17-33)35(18-30)29(38)10-9-28(37)25-11-12-34-27-8-4-20(14-26(25)27)2-1-19-3-5-22-15-24(36)7-6-21(22)13-19;/h1-5,8,11-14,23H,6-7,9-10,15-16,18H2;1H2/b2-1+;/t23-;/m0./s1. The third kappa shape index (κ3) is 6.23. The first-order valence-corrected chi connectivity index (χ1v) is 12.5. The average Bonchev–Trinajstić information content (AvgIpc) is 3.24. The Kier molecular flexibility index (Phi) is 8.26. The molecule has 0 N–H and O–H groups in total. The van der Waals surface area contributed by atoms with Gasteiger partial charge in [0.2, 0.25) is 5.91 Å². The molecule has 2 aromatic carbocycles. The van der Waals surface area contributed by atoms with Crippen LogP contribution < -0.4 is 0 Å². The first-order chi connectivity index (χ1) is 18.2. The minimum atomic E-state index is -3.09. The minimum absolute atomic E-state index is 0. The summed E-state index contributed by atoms with van der Waals surface area (Å²) >= 11 is 0. The van der Waals surface area contributed by atoms with Gasteiger partial charge in [0.25, 0.3) is 5.92 Å². The Morgan fingerprint density at radius 3 is 2.56 bits per heavy atom. The zero-order valence-corrected chi connectivity index (χ0v) is 22.1. The lowest BCUT2D eigenvalue weighted by Gasteiger charge is -2.18. The fourth-order valence-electron chi connectivity index (χ4n) is 5.13. The Balaban J connectivity index is 0.00000353. The van der Waals surface area contributed by atoms with Crippen LogP contribution in [0.4, 0.5) is 8.78 Å². The lowest BCUT2D eigenvalue weighted by atomic mass is 9.89. The van der Waals surface area contributed by atoms with Gasteiger partial charge in [-0.15, -0.1) is 0 Å². The minimum Gasteiger partial charge on any atom is -0.320 e. The van der Waals surface area contributed by atoms with E-state index in [9.17, 15) is 23.2 Å². The average molecular weight is 548 g/mol. The number of pyridine rings is 1. The van der Waals surface area contributed by atoms with E-state index in [1.807, 2.05) is 42.5 Å². The SMILES string of the molecule is N#C[C@@H]1CC(F)(F)CN1C(=O)CCC(=O)c1ccnc2ccc(/C=C/c3ccc4c(c3)CCC(=O)C4)cc12.S. The van der Waals surface area contributed by atoms with E-state index < -0.39 is 30.8 Å². The maximum absolute atomic E-state index is 13.7. The second kappa shape index (κ2) is 11.5. The number of nitriles is 1. The highest BCUT2D eigenvalue weighted by atomic mass is 32.1. The molecule has 0 spiro atoms. The molecular formula is C30H27F2N3O3S. The number of likely N-dealkylation sites (tertiary alicyclic amines) is 1. The largest absolute Gasteiger partial charge is 0.320 e. The summed E-state index contributed by atoms with van der Waals surface area (Å²) in [4.78, 5) is 42.5. The predicted molar refractivity (Wildman–Crippen MR) is 149 cm³/mol. The van der Waals surface area contributed by atoms with E-state index in [0.717, 1.165) is 28.0 Å². The van der Waals surface area contributed by atoms with Crippen molar-refractivity contribution in [2.75, 3.05) is 6.54 Å². The van der Waals surface area contributed by atoms with Gasteiger partial charge in [0.15, 0.2) is 5.78 Å². The van der Waals surface area contributed by atoms with Crippen LogP contribution in [0.5, 0.6) is 0 Å². The molecule has 0 bridgehead atoms. The van der Waals surface area contributed by atoms with Gasteiger partial charge in [-0.1, -0.05) is 36.4 Å². The van der Waals surface area contributed by atoms with Gasteiger partial charge in [-0.3, -0.25) is 19.4 Å². The fraction of sp³-hybridized carbons (Fsp3) is 0.300. The Bertz CT molecular complexity index is 1530. The molecule has 1 aromatic heterocycles. The summed E-state index contributed by atoms with van der Waals surface area (Å²) in [5, 5.41) is 9.76. The number of rotatable bonds is 6. The lowest BCUT2D eigenvalue weighted by Crippen LogP contribution is -2.36. The number of Topliss-reactive ketones (excluding diaryl/α,β-unsaturated/α-hetero) is 2. The molecule has 1 atom stereocenters. The fourth-order valence-corrected chi connectivity index (χ4v) is 5.13. The van der Waals surface area contributed by atoms with E-state index in [1.54, 1.807) is 12.1 Å². The first kappa shape index (κ1) is 28.1. The molecule has 39 heavy (non-hydrogen) atoms. The molecule has 0 saturated carbocycles. The van der Waals surface area contributed by atoms with Crippen LogP contribution in [-0.2, 0) is 22.4 Å². The summed E-state index contributed by atoms with van der Waals surface area (Å²) in [5.74, 6) is -3.75. The van der Waals surface area contributed by atoms with E-state index in [4.69, 9.17) is 5.26 Å². The van der Waals surface area contributed by atoms with E-state index in [2.05, 4.69) is 11.1 Å². The van der Waals surface area contributed by atoms with Gasteiger partial charge in [0.1, 0.15) is 11.8 Å². The Labute approximate surface area is 231 Å². The zero-order chi connectivity index (χ0) is 26.9. The second-order valence-corrected chi connectivity index (χ2v) is 9.86. The molecule has 0 unspecified atom stereocenters. The van der Waals surface area contributed by atoms with Crippen LogP contribution >= 0.6 is 13.5 Å². The van der Waals surface area contributed by atoms with Crippen molar-refractivity contribution in [3.05, 3.63) is 76.5 Å². The third-order valence-electron chi connectivity index (χ3n) is 7.13. The van der Waals surface area contributed by atoms with Crippen LogP contribution in [0, 0.1) is 11.3 Å². The summed E-state index contributed by atoms with van der Waals surface area (Å²) in [7, 11) is 0. The number of hydrogen-bond donors (Lipinski definition) is 0. The molecule has 3 aromatic rings. The molecule has 1 saturated heterocycles. The number of ketones is 2. The molecule has 1 aliphatic carbocycles. The number of hydrogen-bond acceptors (Lipinski definition) is 5. The normalized spacial score (nSPS) is 18.0. The van der Waals surface area contributed by atoms with Crippen LogP contribution in [0.25, 0.3) is 23.1 Å². The molecule has 200 valence electrons. The molecule has 1 amide bonds. The molecule has 5 rings (SSSR count). The Morgan fingerprint density at radius 2 is 1.79 bits per heavy atom. The van der Waals surface area contributed by atoms with Crippen LogP contribution in [0.3, 0.4) is 0 Å². The predicted octanol–water partition coefficient (Wildman–Crippen LogP) is 5.30. The van der Waals surface area contributed by atoms with Crippen LogP contribution in [0.2, 0.25) is 0 Å². The first-order valence-electron chi connectivity index (χ1n) is 12.5. The van der Waals surface area contributed by atoms with Gasteiger partial charge < -0.3 is 4.90 Å². The maximum Gasteiger partial charge on any atom is 0.268 e. The number of fused-ring (bicyclic) bond motifs is 2. The van der Waals surface area contributed by atoms with Crippen molar-refractivity contribution >= 4 is 54.0 Å². The van der Waals surface area contributed by atoms with E-state index >= 15 is 0 Å². The van der Waals surface area contributed by atoms with Crippen molar-refractivity contribution in [1.82, 2.24) is 9.88 Å². The Morgan fingerprint density at radius 1 is 1.05 bits per heavy atom. The highest BCUT2D eigenvalue weighted by Crippen LogP contribution is 2.32. The number of benzene rings is 2. The number of carbonyl (C=O) groups excluding carboxylic acids is 3. The van der Waals surface area contributed by atoms with Gasteiger partial charge >= 0.3 is 0 Å². The highest BCUT2D eigenvalue weighted by molar-refractivity contribution is 7.59. The zero-order valence-electron chi connectivity index (χ0n) is 21.1. The Hall–Kier alpha value is -3.90. The second-order valence-electron chi connectivity index (χ2n) is 9.86. The number of aromatic nitrogens is 1. The topological polar surface area (TPSA) is 91.1 Å². The van der Waals surface area contributed by atoms with Crippen molar-refractivity contribution < 1.29 is 23.2 Å². The summed E-state index contributed by atoms with van der Waals surface area (Å²) in [6, 6.07) is 13.8. The molecule has 1 fully saturated rings. The highest BCUT2D eigenvalue weighted by Gasteiger charge is 2.47. The van der Waals surface area contributed by atoms with Crippen molar-refractivity contribution in [2.45, 2.75) is 50.5 Å². The summed E-state index contributed by atoms with van der Waals surface area (Å²) in [6.07, 6.45) is 6.17. The molecule has 1 aliphatic heterocycles. The van der Waals surface area contributed by atoms with E-state index in [-0.39, 0.29) is 37.9 Å². The van der Waals surface area contributed by atoms with Crippen LogP contribution in [-0.4, -0.2) is 45.9 Å². The number of nitrogens with zero attached hydrogens (tertiary/aromatic N) is 3. The van der Waals surface area contributed by atoms with Gasteiger partial charge in [-0.25, -0.2) is 8.78 Å². The molecule has 0 radical (unpaired) electrons. The van der Waals surface area contributed by atoms with Crippen molar-refractivity contribution in [2.24, 2.45) is 0 Å². The molecule has 2 aliphatic rings. The van der Waals surface area contributed by atoms with Gasteiger partial charge in [0.05, 0.1) is 18.1 Å². The number of amides is 1. The third-order valence-corrected chi connectivity index (χ3v) is 7.13. The van der Waals surface area contributed by atoms with Gasteiger partial charge in [0, 0.05) is 49.3 Å². The van der Waals surface area contributed by atoms with Crippen LogP contribution in [0.15, 0.2) is 48.7 Å².